The predicted molar refractivity (Wildman–Crippen MR) is 78.6 cm³/mol. The number of hydrogen-bond donors (Lipinski definition) is 2. The molecule has 1 aliphatic rings. The van der Waals surface area contributed by atoms with Gasteiger partial charge in [0, 0.05) is 18.8 Å². The van der Waals surface area contributed by atoms with Gasteiger partial charge in [0.2, 0.25) is 0 Å². The molecule has 0 bridgehead atoms. The van der Waals surface area contributed by atoms with Crippen LogP contribution in [-0.4, -0.2) is 32.1 Å². The predicted octanol–water partition coefficient (Wildman–Crippen LogP) is 1.41. The molecule has 1 aromatic heterocycles. The van der Waals surface area contributed by atoms with Gasteiger partial charge in [0.1, 0.15) is 5.54 Å². The van der Waals surface area contributed by atoms with Gasteiger partial charge >= 0.3 is 5.69 Å². The molecule has 2 rings (SSSR count). The van der Waals surface area contributed by atoms with Crippen molar-refractivity contribution in [2.75, 3.05) is 5.75 Å². The molecule has 0 aliphatic heterocycles. The van der Waals surface area contributed by atoms with Crippen molar-refractivity contribution in [1.82, 2.24) is 20.1 Å². The molecule has 1 saturated carbocycles. The SMILES string of the molecule is Cn1c(SCCCCC(C)(C#N)NC2CC2)n[nH]c1=O. The molecule has 0 aromatic carbocycles. The largest absolute Gasteiger partial charge is 0.343 e. The fraction of sp³-hybridized carbons (Fsp3) is 0.769. The Morgan fingerprint density at radius 2 is 2.35 bits per heavy atom. The summed E-state index contributed by atoms with van der Waals surface area (Å²) in [6.07, 6.45) is 5.26. The van der Waals surface area contributed by atoms with Crippen molar-refractivity contribution >= 4 is 11.8 Å². The molecule has 0 spiro atoms. The Labute approximate surface area is 122 Å². The van der Waals surface area contributed by atoms with E-state index in [4.69, 9.17) is 0 Å². The summed E-state index contributed by atoms with van der Waals surface area (Å²) < 4.78 is 1.51. The molecule has 1 aliphatic carbocycles. The zero-order chi connectivity index (χ0) is 14.6. The van der Waals surface area contributed by atoms with Crippen LogP contribution in [0.5, 0.6) is 0 Å². The lowest BCUT2D eigenvalue weighted by atomic mass is 9.96. The summed E-state index contributed by atoms with van der Waals surface area (Å²) in [6, 6.07) is 2.94. The topological polar surface area (TPSA) is 86.5 Å². The normalized spacial score (nSPS) is 17.6. The van der Waals surface area contributed by atoms with Gasteiger partial charge in [-0.1, -0.05) is 11.8 Å². The van der Waals surface area contributed by atoms with Crippen LogP contribution in [0.3, 0.4) is 0 Å². The number of aromatic amines is 1. The molecule has 1 atom stereocenters. The third-order valence-electron chi connectivity index (χ3n) is 3.49. The number of nitriles is 1. The van der Waals surface area contributed by atoms with E-state index in [1.54, 1.807) is 18.8 Å². The molecule has 20 heavy (non-hydrogen) atoms. The fourth-order valence-electron chi connectivity index (χ4n) is 2.04. The van der Waals surface area contributed by atoms with E-state index >= 15 is 0 Å². The summed E-state index contributed by atoms with van der Waals surface area (Å²) in [5.74, 6) is 0.906. The Kier molecular flexibility index (Phi) is 4.89. The van der Waals surface area contributed by atoms with Gasteiger partial charge in [0.05, 0.1) is 6.07 Å². The van der Waals surface area contributed by atoms with Crippen molar-refractivity contribution in [3.63, 3.8) is 0 Å². The zero-order valence-electron chi connectivity index (χ0n) is 12.0. The van der Waals surface area contributed by atoms with Crippen molar-refractivity contribution in [2.45, 2.75) is 55.8 Å². The van der Waals surface area contributed by atoms with E-state index in [2.05, 4.69) is 21.6 Å². The van der Waals surface area contributed by atoms with E-state index in [0.717, 1.165) is 25.0 Å². The second kappa shape index (κ2) is 6.46. The number of H-pyrrole nitrogens is 1. The highest BCUT2D eigenvalue weighted by Crippen LogP contribution is 2.25. The Hall–Kier alpha value is -1.26. The van der Waals surface area contributed by atoms with Crippen molar-refractivity contribution in [1.29, 1.82) is 5.26 Å². The van der Waals surface area contributed by atoms with E-state index in [1.165, 1.54) is 17.4 Å². The molecule has 1 aromatic rings. The van der Waals surface area contributed by atoms with Crippen LogP contribution in [0.25, 0.3) is 0 Å². The van der Waals surface area contributed by atoms with E-state index < -0.39 is 5.54 Å². The van der Waals surface area contributed by atoms with Crippen LogP contribution in [0, 0.1) is 11.3 Å². The lowest BCUT2D eigenvalue weighted by molar-refractivity contribution is 0.402. The first kappa shape index (κ1) is 15.1. The molecule has 0 saturated heterocycles. The first-order valence-electron chi connectivity index (χ1n) is 6.97. The Bertz CT molecular complexity index is 542. The van der Waals surface area contributed by atoms with Gasteiger partial charge in [-0.25, -0.2) is 9.89 Å². The lowest BCUT2D eigenvalue weighted by Gasteiger charge is -2.23. The second-order valence-electron chi connectivity index (χ2n) is 5.54. The zero-order valence-corrected chi connectivity index (χ0v) is 12.8. The molecule has 6 nitrogen and oxygen atoms in total. The lowest BCUT2D eigenvalue weighted by Crippen LogP contribution is -2.42. The van der Waals surface area contributed by atoms with Gasteiger partial charge in [-0.2, -0.15) is 5.26 Å². The van der Waals surface area contributed by atoms with Crippen LogP contribution in [0.4, 0.5) is 0 Å². The Balaban J connectivity index is 1.67. The molecule has 110 valence electrons. The third kappa shape index (κ3) is 4.12. The second-order valence-corrected chi connectivity index (χ2v) is 6.60. The molecular weight excluding hydrogens is 274 g/mol. The minimum absolute atomic E-state index is 0.182. The Morgan fingerprint density at radius 3 is 2.90 bits per heavy atom. The third-order valence-corrected chi connectivity index (χ3v) is 4.60. The summed E-state index contributed by atoms with van der Waals surface area (Å²) in [5.41, 5.74) is -0.580. The van der Waals surface area contributed by atoms with Gasteiger partial charge in [-0.15, -0.1) is 5.10 Å². The van der Waals surface area contributed by atoms with E-state index in [9.17, 15) is 10.1 Å². The summed E-state index contributed by atoms with van der Waals surface area (Å²) in [5, 5.41) is 19.8. The molecule has 2 N–H and O–H groups in total. The van der Waals surface area contributed by atoms with Gasteiger partial charge < -0.3 is 0 Å². The number of hydrogen-bond acceptors (Lipinski definition) is 5. The Morgan fingerprint density at radius 1 is 1.60 bits per heavy atom. The fourth-order valence-corrected chi connectivity index (χ4v) is 2.96. The van der Waals surface area contributed by atoms with E-state index in [0.29, 0.717) is 11.2 Å². The molecule has 0 radical (unpaired) electrons. The standard InChI is InChI=1S/C13H21N5OS/c1-13(9-14,15-10-5-6-10)7-3-4-8-20-12-17-16-11(19)18(12)2/h10,15H,3-8H2,1-2H3,(H,16,19). The van der Waals surface area contributed by atoms with Crippen LogP contribution >= 0.6 is 11.8 Å². The van der Waals surface area contributed by atoms with Gasteiger partial charge in [0.25, 0.3) is 0 Å². The monoisotopic (exact) mass is 295 g/mol. The van der Waals surface area contributed by atoms with Crippen LogP contribution in [0.15, 0.2) is 9.95 Å². The number of nitrogens with zero attached hydrogens (tertiary/aromatic N) is 3. The average Bonchev–Trinajstić information content (AvgIpc) is 3.18. The van der Waals surface area contributed by atoms with Crippen LogP contribution in [0.2, 0.25) is 0 Å². The number of aromatic nitrogens is 3. The quantitative estimate of drug-likeness (QED) is 0.559. The summed E-state index contributed by atoms with van der Waals surface area (Å²) in [4.78, 5) is 11.2. The van der Waals surface area contributed by atoms with Gasteiger partial charge in [-0.3, -0.25) is 9.88 Å². The van der Waals surface area contributed by atoms with Crippen molar-refractivity contribution in [2.24, 2.45) is 7.05 Å². The minimum atomic E-state index is -0.398. The smallest absolute Gasteiger partial charge is 0.297 e. The van der Waals surface area contributed by atoms with Crippen LogP contribution < -0.4 is 11.0 Å². The van der Waals surface area contributed by atoms with Crippen LogP contribution in [0.1, 0.15) is 39.0 Å². The highest BCUT2D eigenvalue weighted by molar-refractivity contribution is 7.99. The summed E-state index contributed by atoms with van der Waals surface area (Å²) in [7, 11) is 1.71. The average molecular weight is 295 g/mol. The van der Waals surface area contributed by atoms with Crippen molar-refractivity contribution < 1.29 is 0 Å². The van der Waals surface area contributed by atoms with Gasteiger partial charge in [0.15, 0.2) is 5.16 Å². The maximum Gasteiger partial charge on any atom is 0.343 e. The molecule has 1 unspecified atom stereocenters. The summed E-state index contributed by atoms with van der Waals surface area (Å²) >= 11 is 1.57. The number of unbranched alkanes of at least 4 members (excludes halogenated alkanes) is 1. The van der Waals surface area contributed by atoms with Crippen LogP contribution in [-0.2, 0) is 7.05 Å². The van der Waals surface area contributed by atoms with Crippen molar-refractivity contribution in [3.8, 4) is 6.07 Å². The molecule has 0 amide bonds. The van der Waals surface area contributed by atoms with E-state index in [1.807, 2.05) is 6.92 Å². The molecule has 1 heterocycles. The summed E-state index contributed by atoms with van der Waals surface area (Å²) in [6.45, 7) is 1.98. The molecule has 7 heteroatoms. The highest BCUT2D eigenvalue weighted by atomic mass is 32.2. The highest BCUT2D eigenvalue weighted by Gasteiger charge is 2.31. The minimum Gasteiger partial charge on any atom is -0.297 e. The first-order chi connectivity index (χ1) is 9.54. The number of nitrogens with one attached hydrogen (secondary N) is 2. The molecule has 1 fully saturated rings. The first-order valence-corrected chi connectivity index (χ1v) is 7.96. The van der Waals surface area contributed by atoms with Crippen molar-refractivity contribution in [3.05, 3.63) is 10.5 Å². The maximum absolute atomic E-state index is 11.2. The maximum atomic E-state index is 11.2. The number of rotatable bonds is 8. The number of thioether (sulfide) groups is 1. The molecular formula is C13H21N5OS. The van der Waals surface area contributed by atoms with E-state index in [-0.39, 0.29) is 5.69 Å². The van der Waals surface area contributed by atoms with Gasteiger partial charge in [-0.05, 0) is 39.0 Å².